The molecule has 1 N–H and O–H groups in total. The smallest absolute Gasteiger partial charge is 0.261 e. The molecule has 0 spiro atoms. The Bertz CT molecular complexity index is 688. The van der Waals surface area contributed by atoms with Gasteiger partial charge in [-0.2, -0.15) is 0 Å². The number of amides is 1. The Balaban J connectivity index is 1.68. The lowest BCUT2D eigenvalue weighted by atomic mass is 10.1. The third kappa shape index (κ3) is 3.65. The number of hydrogen-bond acceptors (Lipinski definition) is 4. The van der Waals surface area contributed by atoms with E-state index >= 15 is 0 Å². The van der Waals surface area contributed by atoms with Gasteiger partial charge in [-0.05, 0) is 18.2 Å². The highest BCUT2D eigenvalue weighted by molar-refractivity contribution is 6.30. The largest absolute Gasteiger partial charge is 0.484 e. The molecule has 3 rings (SSSR count). The summed E-state index contributed by atoms with van der Waals surface area (Å²) in [6, 6.07) is 6.96. The molecule has 1 aromatic carbocycles. The Labute approximate surface area is 140 Å². The van der Waals surface area contributed by atoms with Gasteiger partial charge in [0, 0.05) is 44.1 Å². The monoisotopic (exact) mass is 334 g/mol. The van der Waals surface area contributed by atoms with Crippen LogP contribution in [0.15, 0.2) is 36.7 Å². The van der Waals surface area contributed by atoms with Gasteiger partial charge in [0.15, 0.2) is 6.61 Å². The number of aromatic nitrogens is 2. The number of carbonyl (C=O) groups excluding carboxylic acids is 1. The van der Waals surface area contributed by atoms with Crippen molar-refractivity contribution in [1.29, 1.82) is 0 Å². The highest BCUT2D eigenvalue weighted by Gasteiger charge is 2.30. The first-order chi connectivity index (χ1) is 11.1. The molecule has 0 aliphatic carbocycles. The summed E-state index contributed by atoms with van der Waals surface area (Å²) in [6.07, 6.45) is 3.63. The number of rotatable bonds is 4. The van der Waals surface area contributed by atoms with Gasteiger partial charge in [-0.3, -0.25) is 4.79 Å². The van der Waals surface area contributed by atoms with Crippen LogP contribution in [0.4, 0.5) is 0 Å². The zero-order chi connectivity index (χ0) is 16.2. The van der Waals surface area contributed by atoms with Gasteiger partial charge in [-0.1, -0.05) is 17.7 Å². The molecule has 7 heteroatoms. The van der Waals surface area contributed by atoms with Crippen molar-refractivity contribution < 1.29 is 9.53 Å². The van der Waals surface area contributed by atoms with Gasteiger partial charge in [0.2, 0.25) is 0 Å². The van der Waals surface area contributed by atoms with Crippen molar-refractivity contribution in [2.75, 3.05) is 26.2 Å². The number of ether oxygens (including phenoxy) is 1. The van der Waals surface area contributed by atoms with E-state index in [4.69, 9.17) is 16.3 Å². The van der Waals surface area contributed by atoms with Crippen LogP contribution in [0.3, 0.4) is 0 Å². The van der Waals surface area contributed by atoms with Crippen molar-refractivity contribution in [1.82, 2.24) is 19.8 Å². The maximum atomic E-state index is 12.6. The molecule has 1 aromatic heterocycles. The summed E-state index contributed by atoms with van der Waals surface area (Å²) in [4.78, 5) is 18.8. The number of carbonyl (C=O) groups is 1. The van der Waals surface area contributed by atoms with Gasteiger partial charge in [0.1, 0.15) is 17.6 Å². The molecule has 1 fully saturated rings. The van der Waals surface area contributed by atoms with E-state index in [1.165, 1.54) is 0 Å². The summed E-state index contributed by atoms with van der Waals surface area (Å²) in [5.74, 6) is 1.40. The summed E-state index contributed by atoms with van der Waals surface area (Å²) in [7, 11) is 1.93. The van der Waals surface area contributed by atoms with Gasteiger partial charge in [0.25, 0.3) is 5.91 Å². The van der Waals surface area contributed by atoms with E-state index in [2.05, 4.69) is 10.3 Å². The predicted molar refractivity (Wildman–Crippen MR) is 87.5 cm³/mol. The Hall–Kier alpha value is -2.05. The third-order valence-electron chi connectivity index (χ3n) is 3.88. The zero-order valence-electron chi connectivity index (χ0n) is 12.9. The second-order valence-electron chi connectivity index (χ2n) is 5.45. The molecule has 0 bridgehead atoms. The van der Waals surface area contributed by atoms with E-state index in [0.717, 1.165) is 12.4 Å². The predicted octanol–water partition coefficient (Wildman–Crippen LogP) is 1.63. The Morgan fingerprint density at radius 3 is 3.13 bits per heavy atom. The average Bonchev–Trinajstić information content (AvgIpc) is 2.98. The van der Waals surface area contributed by atoms with Crippen LogP contribution in [-0.4, -0.2) is 46.6 Å². The van der Waals surface area contributed by atoms with Crippen molar-refractivity contribution in [3.8, 4) is 5.75 Å². The second kappa shape index (κ2) is 7.02. The van der Waals surface area contributed by atoms with Crippen molar-refractivity contribution >= 4 is 17.5 Å². The summed E-state index contributed by atoms with van der Waals surface area (Å²) in [5.41, 5.74) is 0. The van der Waals surface area contributed by atoms with E-state index in [-0.39, 0.29) is 18.6 Å². The Morgan fingerprint density at radius 1 is 1.52 bits per heavy atom. The van der Waals surface area contributed by atoms with Crippen LogP contribution in [0.1, 0.15) is 11.9 Å². The first-order valence-electron chi connectivity index (χ1n) is 7.51. The summed E-state index contributed by atoms with van der Waals surface area (Å²) in [5, 5.41) is 3.90. The SMILES string of the molecule is Cn1ccnc1C1CNCCN1C(=O)COc1cccc(Cl)c1. The van der Waals surface area contributed by atoms with Crippen LogP contribution in [0.5, 0.6) is 5.75 Å². The first kappa shape index (κ1) is 15.8. The number of aryl methyl sites for hydroxylation is 1. The van der Waals surface area contributed by atoms with Gasteiger partial charge >= 0.3 is 0 Å². The molecular formula is C16H19ClN4O2. The van der Waals surface area contributed by atoms with E-state index in [9.17, 15) is 4.79 Å². The fourth-order valence-corrected chi connectivity index (χ4v) is 2.90. The summed E-state index contributed by atoms with van der Waals surface area (Å²) in [6.45, 7) is 2.08. The number of nitrogens with zero attached hydrogens (tertiary/aromatic N) is 3. The highest BCUT2D eigenvalue weighted by atomic mass is 35.5. The number of halogens is 1. The molecule has 1 saturated heterocycles. The van der Waals surface area contributed by atoms with Crippen LogP contribution < -0.4 is 10.1 Å². The average molecular weight is 335 g/mol. The van der Waals surface area contributed by atoms with Crippen molar-refractivity contribution in [2.45, 2.75) is 6.04 Å². The summed E-state index contributed by atoms with van der Waals surface area (Å²) >= 11 is 5.92. The minimum atomic E-state index is -0.0841. The number of nitrogens with one attached hydrogen (secondary N) is 1. The van der Waals surface area contributed by atoms with Crippen LogP contribution in [0.2, 0.25) is 5.02 Å². The van der Waals surface area contributed by atoms with Gasteiger partial charge < -0.3 is 19.5 Å². The van der Waals surface area contributed by atoms with Gasteiger partial charge in [0.05, 0.1) is 0 Å². The lowest BCUT2D eigenvalue weighted by Gasteiger charge is -2.35. The fourth-order valence-electron chi connectivity index (χ4n) is 2.72. The number of imidazole rings is 1. The number of benzene rings is 1. The molecular weight excluding hydrogens is 316 g/mol. The van der Waals surface area contributed by atoms with Crippen LogP contribution in [0.25, 0.3) is 0 Å². The summed E-state index contributed by atoms with van der Waals surface area (Å²) < 4.78 is 7.51. The van der Waals surface area contributed by atoms with E-state index in [1.807, 2.05) is 22.7 Å². The standard InChI is InChI=1S/C16H19ClN4O2/c1-20-7-6-19-16(20)14-10-18-5-8-21(14)15(22)11-23-13-4-2-3-12(17)9-13/h2-4,6-7,9,14,18H,5,8,10-11H2,1H3. The minimum absolute atomic E-state index is 0.0126. The number of hydrogen-bond donors (Lipinski definition) is 1. The molecule has 1 unspecified atom stereocenters. The molecule has 6 nitrogen and oxygen atoms in total. The van der Waals surface area contributed by atoms with E-state index in [0.29, 0.717) is 23.9 Å². The second-order valence-corrected chi connectivity index (χ2v) is 5.89. The molecule has 0 saturated carbocycles. The lowest BCUT2D eigenvalue weighted by Crippen LogP contribution is -2.50. The highest BCUT2D eigenvalue weighted by Crippen LogP contribution is 2.21. The fraction of sp³-hybridized carbons (Fsp3) is 0.375. The van der Waals surface area contributed by atoms with Gasteiger partial charge in [-0.15, -0.1) is 0 Å². The molecule has 122 valence electrons. The Morgan fingerprint density at radius 2 is 2.39 bits per heavy atom. The van der Waals surface area contributed by atoms with Crippen LogP contribution >= 0.6 is 11.6 Å². The molecule has 23 heavy (non-hydrogen) atoms. The number of piperazine rings is 1. The van der Waals surface area contributed by atoms with Crippen molar-refractivity contribution in [3.63, 3.8) is 0 Å². The molecule has 2 heterocycles. The zero-order valence-corrected chi connectivity index (χ0v) is 13.7. The van der Waals surface area contributed by atoms with Crippen LogP contribution in [-0.2, 0) is 11.8 Å². The maximum Gasteiger partial charge on any atom is 0.261 e. The topological polar surface area (TPSA) is 59.4 Å². The molecule has 2 aromatic rings. The maximum absolute atomic E-state index is 12.6. The van der Waals surface area contributed by atoms with Crippen molar-refractivity contribution in [3.05, 3.63) is 47.5 Å². The van der Waals surface area contributed by atoms with Crippen LogP contribution in [0, 0.1) is 0 Å². The molecule has 1 amide bonds. The van der Waals surface area contributed by atoms with E-state index in [1.54, 1.807) is 30.5 Å². The molecule has 1 aliphatic heterocycles. The first-order valence-corrected chi connectivity index (χ1v) is 7.89. The molecule has 1 aliphatic rings. The quantitative estimate of drug-likeness (QED) is 0.923. The minimum Gasteiger partial charge on any atom is -0.484 e. The normalized spacial score (nSPS) is 18.0. The Kier molecular flexibility index (Phi) is 4.83. The third-order valence-corrected chi connectivity index (χ3v) is 4.11. The lowest BCUT2D eigenvalue weighted by molar-refractivity contribution is -0.137. The van der Waals surface area contributed by atoms with E-state index < -0.39 is 0 Å². The molecule has 1 atom stereocenters. The van der Waals surface area contributed by atoms with Gasteiger partial charge in [-0.25, -0.2) is 4.98 Å². The van der Waals surface area contributed by atoms with Crippen molar-refractivity contribution in [2.24, 2.45) is 7.05 Å². The molecule has 0 radical (unpaired) electrons.